The van der Waals surface area contributed by atoms with Gasteiger partial charge < -0.3 is 9.47 Å². The van der Waals surface area contributed by atoms with Crippen LogP contribution in [-0.2, 0) is 6.61 Å². The third-order valence-electron chi connectivity index (χ3n) is 4.41. The fraction of sp³-hybridized carbons (Fsp3) is 0.0417. The molecule has 0 saturated heterocycles. The van der Waals surface area contributed by atoms with Crippen molar-refractivity contribution in [3.63, 3.8) is 0 Å². The Hall–Kier alpha value is -3.30. The van der Waals surface area contributed by atoms with Crippen LogP contribution in [0.4, 0.5) is 0 Å². The largest absolute Gasteiger partial charge is 0.489 e. The lowest BCUT2D eigenvalue weighted by molar-refractivity contribution is 0.101. The topological polar surface area (TPSA) is 35.5 Å². The first-order valence-corrected chi connectivity index (χ1v) is 9.18. The van der Waals surface area contributed by atoms with Gasteiger partial charge in [-0.25, -0.2) is 0 Å². The van der Waals surface area contributed by atoms with E-state index in [9.17, 15) is 4.79 Å². The molecular formula is C24H17ClO3. The molecule has 1 heterocycles. The zero-order chi connectivity index (χ0) is 19.5. The number of hydrogen-bond donors (Lipinski definition) is 0. The van der Waals surface area contributed by atoms with Crippen molar-refractivity contribution in [2.24, 2.45) is 0 Å². The molecule has 0 spiro atoms. The molecule has 3 aromatic rings. The normalized spacial score (nSPS) is 13.9. The van der Waals surface area contributed by atoms with E-state index < -0.39 is 0 Å². The molecule has 0 unspecified atom stereocenters. The van der Waals surface area contributed by atoms with Crippen LogP contribution < -0.4 is 9.47 Å². The van der Waals surface area contributed by atoms with Crippen molar-refractivity contribution in [3.8, 4) is 11.5 Å². The predicted octanol–water partition coefficient (Wildman–Crippen LogP) is 6.18. The van der Waals surface area contributed by atoms with E-state index in [1.165, 1.54) is 0 Å². The first kappa shape index (κ1) is 18.1. The van der Waals surface area contributed by atoms with Crippen LogP contribution in [-0.4, -0.2) is 5.78 Å². The van der Waals surface area contributed by atoms with E-state index in [1.54, 1.807) is 42.5 Å². The summed E-state index contributed by atoms with van der Waals surface area (Å²) in [5.41, 5.74) is 3.44. The first-order chi connectivity index (χ1) is 13.6. The van der Waals surface area contributed by atoms with Crippen LogP contribution in [0.25, 0.3) is 12.2 Å². The Kier molecular flexibility index (Phi) is 5.00. The average molecular weight is 389 g/mol. The van der Waals surface area contributed by atoms with E-state index in [4.69, 9.17) is 21.1 Å². The Morgan fingerprint density at radius 2 is 1.82 bits per heavy atom. The number of rotatable bonds is 5. The zero-order valence-electron chi connectivity index (χ0n) is 15.0. The Morgan fingerprint density at radius 3 is 2.57 bits per heavy atom. The smallest absolute Gasteiger partial charge is 0.231 e. The van der Waals surface area contributed by atoms with E-state index in [-0.39, 0.29) is 11.5 Å². The van der Waals surface area contributed by atoms with Gasteiger partial charge in [-0.2, -0.15) is 0 Å². The first-order valence-electron chi connectivity index (χ1n) is 8.80. The van der Waals surface area contributed by atoms with Crippen LogP contribution >= 0.6 is 11.6 Å². The van der Waals surface area contributed by atoms with Gasteiger partial charge in [-0.1, -0.05) is 60.7 Å². The number of Topliss-reactive ketones (excluding diaryl/α,β-unsaturated/α-hetero) is 1. The lowest BCUT2D eigenvalue weighted by atomic mass is 10.1. The van der Waals surface area contributed by atoms with E-state index in [1.807, 2.05) is 36.4 Å². The maximum Gasteiger partial charge on any atom is 0.231 e. The molecule has 28 heavy (non-hydrogen) atoms. The van der Waals surface area contributed by atoms with Crippen LogP contribution in [0.5, 0.6) is 11.5 Å². The maximum atomic E-state index is 12.6. The SMILES string of the molecule is C=Cc1ccc(COc2ccc3c(c2)O/C(=C\c2cccc(Cl)c2)C3=O)cc1. The molecule has 1 aliphatic heterocycles. The molecule has 1 aliphatic rings. The molecule has 0 fully saturated rings. The second-order valence-corrected chi connectivity index (χ2v) is 6.82. The number of halogens is 1. The molecule has 0 N–H and O–H groups in total. The minimum Gasteiger partial charge on any atom is -0.489 e. The fourth-order valence-corrected chi connectivity index (χ4v) is 3.12. The summed E-state index contributed by atoms with van der Waals surface area (Å²) in [7, 11) is 0. The van der Waals surface area contributed by atoms with Gasteiger partial charge in [0.25, 0.3) is 0 Å². The number of allylic oxidation sites excluding steroid dienone is 1. The molecule has 0 radical (unpaired) electrons. The number of carbonyl (C=O) groups excluding carboxylic acids is 1. The number of ketones is 1. The number of ether oxygens (including phenoxy) is 2. The highest BCUT2D eigenvalue weighted by Gasteiger charge is 2.27. The number of benzene rings is 3. The van der Waals surface area contributed by atoms with Gasteiger partial charge in [0, 0.05) is 11.1 Å². The van der Waals surface area contributed by atoms with Crippen LogP contribution in [0.1, 0.15) is 27.0 Å². The second-order valence-electron chi connectivity index (χ2n) is 6.39. The molecule has 3 nitrogen and oxygen atoms in total. The third-order valence-corrected chi connectivity index (χ3v) is 4.64. The highest BCUT2D eigenvalue weighted by molar-refractivity contribution is 6.30. The standard InChI is InChI=1S/C24H17ClO3/c1-2-16-6-8-17(9-7-16)15-27-20-10-11-21-22(14-20)28-23(24(21)26)13-18-4-3-5-19(25)12-18/h2-14H,1,15H2/b23-13-. The lowest BCUT2D eigenvalue weighted by Gasteiger charge is -2.07. The van der Waals surface area contributed by atoms with Crippen molar-refractivity contribution in [3.05, 3.63) is 106 Å². The predicted molar refractivity (Wildman–Crippen MR) is 112 cm³/mol. The van der Waals surface area contributed by atoms with Crippen molar-refractivity contribution in [2.45, 2.75) is 6.61 Å². The van der Waals surface area contributed by atoms with Gasteiger partial charge in [0.15, 0.2) is 5.76 Å². The van der Waals surface area contributed by atoms with Gasteiger partial charge in [-0.3, -0.25) is 4.79 Å². The van der Waals surface area contributed by atoms with Crippen LogP contribution in [0.2, 0.25) is 5.02 Å². The highest BCUT2D eigenvalue weighted by Crippen LogP contribution is 2.35. The van der Waals surface area contributed by atoms with E-state index in [2.05, 4.69) is 6.58 Å². The molecule has 0 saturated carbocycles. The summed E-state index contributed by atoms with van der Waals surface area (Å²) in [5.74, 6) is 1.26. The molecule has 0 aromatic heterocycles. The molecule has 0 atom stereocenters. The van der Waals surface area contributed by atoms with E-state index in [0.29, 0.717) is 28.7 Å². The molecule has 4 rings (SSSR count). The molecule has 0 amide bonds. The molecule has 3 aromatic carbocycles. The number of fused-ring (bicyclic) bond motifs is 1. The van der Waals surface area contributed by atoms with Gasteiger partial charge in [-0.15, -0.1) is 0 Å². The van der Waals surface area contributed by atoms with Crippen molar-refractivity contribution in [1.82, 2.24) is 0 Å². The van der Waals surface area contributed by atoms with Gasteiger partial charge in [0.2, 0.25) is 5.78 Å². The van der Waals surface area contributed by atoms with Crippen LogP contribution in [0, 0.1) is 0 Å². The van der Waals surface area contributed by atoms with Crippen molar-refractivity contribution >= 4 is 29.5 Å². The second kappa shape index (κ2) is 7.75. The Morgan fingerprint density at radius 1 is 1.00 bits per heavy atom. The van der Waals surface area contributed by atoms with Gasteiger partial charge in [-0.05, 0) is 47.0 Å². The number of hydrogen-bond acceptors (Lipinski definition) is 3. The molecule has 138 valence electrons. The lowest BCUT2D eigenvalue weighted by Crippen LogP contribution is -1.98. The van der Waals surface area contributed by atoms with Crippen molar-refractivity contribution in [1.29, 1.82) is 0 Å². The monoisotopic (exact) mass is 388 g/mol. The average Bonchev–Trinajstić information content (AvgIpc) is 3.01. The molecule has 4 heteroatoms. The van der Waals surface area contributed by atoms with Crippen molar-refractivity contribution in [2.75, 3.05) is 0 Å². The van der Waals surface area contributed by atoms with Crippen molar-refractivity contribution < 1.29 is 14.3 Å². The van der Waals surface area contributed by atoms with E-state index in [0.717, 1.165) is 16.7 Å². The maximum absolute atomic E-state index is 12.6. The quantitative estimate of drug-likeness (QED) is 0.490. The van der Waals surface area contributed by atoms with Crippen LogP contribution in [0.3, 0.4) is 0 Å². The highest BCUT2D eigenvalue weighted by atomic mass is 35.5. The number of carbonyl (C=O) groups is 1. The summed E-state index contributed by atoms with van der Waals surface area (Å²) < 4.78 is 11.6. The van der Waals surface area contributed by atoms with Gasteiger partial charge in [0.05, 0.1) is 5.56 Å². The summed E-state index contributed by atoms with van der Waals surface area (Å²) in [5, 5.41) is 0.606. The molecule has 0 bridgehead atoms. The minimum absolute atomic E-state index is 0.151. The van der Waals surface area contributed by atoms with Gasteiger partial charge in [0.1, 0.15) is 18.1 Å². The van der Waals surface area contributed by atoms with E-state index >= 15 is 0 Å². The minimum atomic E-state index is -0.151. The summed E-state index contributed by atoms with van der Waals surface area (Å²) in [6, 6.07) is 20.5. The summed E-state index contributed by atoms with van der Waals surface area (Å²) >= 11 is 6.00. The van der Waals surface area contributed by atoms with Gasteiger partial charge >= 0.3 is 0 Å². The fourth-order valence-electron chi connectivity index (χ4n) is 2.92. The summed E-state index contributed by atoms with van der Waals surface area (Å²) in [6.07, 6.45) is 3.49. The zero-order valence-corrected chi connectivity index (χ0v) is 15.8. The summed E-state index contributed by atoms with van der Waals surface area (Å²) in [6.45, 7) is 4.17. The Labute approximate surface area is 168 Å². The Bertz CT molecular complexity index is 1080. The Balaban J connectivity index is 1.49. The summed E-state index contributed by atoms with van der Waals surface area (Å²) in [4.78, 5) is 12.6. The molecule has 0 aliphatic carbocycles. The molecular weight excluding hydrogens is 372 g/mol. The third kappa shape index (κ3) is 3.85. The van der Waals surface area contributed by atoms with Crippen LogP contribution in [0.15, 0.2) is 79.1 Å².